The summed E-state index contributed by atoms with van der Waals surface area (Å²) in [4.78, 5) is 14.4. The number of carbonyl (C=O) groups is 1. The van der Waals surface area contributed by atoms with Crippen LogP contribution in [-0.2, 0) is 9.53 Å². The van der Waals surface area contributed by atoms with Crippen molar-refractivity contribution in [2.75, 3.05) is 19.6 Å². The predicted molar refractivity (Wildman–Crippen MR) is 94.1 cm³/mol. The topological polar surface area (TPSA) is 41.6 Å². The van der Waals surface area contributed by atoms with Gasteiger partial charge in [-0.15, -0.1) is 0 Å². The number of ether oxygens (including phenoxy) is 1. The van der Waals surface area contributed by atoms with Crippen molar-refractivity contribution in [3.8, 4) is 0 Å². The molecule has 1 saturated heterocycles. The molecule has 0 bridgehead atoms. The monoisotopic (exact) mass is 316 g/mol. The van der Waals surface area contributed by atoms with E-state index in [0.717, 1.165) is 18.7 Å². The predicted octanol–water partition coefficient (Wildman–Crippen LogP) is 2.70. The van der Waals surface area contributed by atoms with Crippen LogP contribution in [-0.4, -0.2) is 48.2 Å². The van der Waals surface area contributed by atoms with E-state index in [4.69, 9.17) is 4.74 Å². The van der Waals surface area contributed by atoms with E-state index in [0.29, 0.717) is 6.54 Å². The van der Waals surface area contributed by atoms with Crippen LogP contribution in [0.3, 0.4) is 0 Å². The van der Waals surface area contributed by atoms with Crippen molar-refractivity contribution in [2.45, 2.75) is 45.4 Å². The average molecular weight is 316 g/mol. The van der Waals surface area contributed by atoms with Crippen LogP contribution in [0.25, 0.3) is 6.08 Å². The third kappa shape index (κ3) is 5.48. The second-order valence-electron chi connectivity index (χ2n) is 6.94. The van der Waals surface area contributed by atoms with Crippen molar-refractivity contribution in [2.24, 2.45) is 0 Å². The van der Waals surface area contributed by atoms with Gasteiger partial charge in [0.1, 0.15) is 0 Å². The van der Waals surface area contributed by atoms with Crippen LogP contribution in [0.5, 0.6) is 0 Å². The van der Waals surface area contributed by atoms with Crippen molar-refractivity contribution in [1.82, 2.24) is 10.2 Å². The van der Waals surface area contributed by atoms with Crippen molar-refractivity contribution >= 4 is 12.0 Å². The van der Waals surface area contributed by atoms with Crippen LogP contribution in [0.2, 0.25) is 0 Å². The van der Waals surface area contributed by atoms with Gasteiger partial charge in [0.25, 0.3) is 0 Å². The number of hydrogen-bond donors (Lipinski definition) is 1. The van der Waals surface area contributed by atoms with E-state index in [-0.39, 0.29) is 23.7 Å². The summed E-state index contributed by atoms with van der Waals surface area (Å²) in [6, 6.07) is 9.83. The summed E-state index contributed by atoms with van der Waals surface area (Å²) in [7, 11) is 0. The molecule has 4 heteroatoms. The minimum absolute atomic E-state index is 0.0590. The normalized spacial score (nSPS) is 23.1. The molecule has 1 amide bonds. The Morgan fingerprint density at radius 1 is 1.26 bits per heavy atom. The number of benzene rings is 1. The van der Waals surface area contributed by atoms with Crippen LogP contribution < -0.4 is 5.32 Å². The minimum Gasteiger partial charge on any atom is -0.373 e. The van der Waals surface area contributed by atoms with Gasteiger partial charge in [-0.1, -0.05) is 30.3 Å². The lowest BCUT2D eigenvalue weighted by Crippen LogP contribution is -2.58. The summed E-state index contributed by atoms with van der Waals surface area (Å²) in [6.45, 7) is 10.9. The zero-order valence-corrected chi connectivity index (χ0v) is 14.6. The van der Waals surface area contributed by atoms with E-state index in [1.54, 1.807) is 6.08 Å². The zero-order valence-electron chi connectivity index (χ0n) is 14.6. The summed E-state index contributed by atoms with van der Waals surface area (Å²) >= 11 is 0. The van der Waals surface area contributed by atoms with Gasteiger partial charge in [-0.3, -0.25) is 9.69 Å². The molecule has 126 valence electrons. The molecule has 1 heterocycles. The van der Waals surface area contributed by atoms with Gasteiger partial charge in [0, 0.05) is 31.2 Å². The Labute approximate surface area is 139 Å². The number of morpholine rings is 1. The maximum absolute atomic E-state index is 12.0. The summed E-state index contributed by atoms with van der Waals surface area (Å²) in [6.07, 6.45) is 3.88. The van der Waals surface area contributed by atoms with Crippen LogP contribution in [0, 0.1) is 0 Å². The first-order valence-electron chi connectivity index (χ1n) is 8.28. The maximum Gasteiger partial charge on any atom is 0.244 e. The van der Waals surface area contributed by atoms with Gasteiger partial charge in [-0.25, -0.2) is 0 Å². The lowest BCUT2D eigenvalue weighted by molar-refractivity contribution is -0.118. The Morgan fingerprint density at radius 2 is 1.87 bits per heavy atom. The molecule has 1 N–H and O–H groups in total. The number of rotatable bonds is 5. The molecule has 0 aliphatic carbocycles. The maximum atomic E-state index is 12.0. The molecule has 2 atom stereocenters. The quantitative estimate of drug-likeness (QED) is 0.849. The molecule has 0 radical (unpaired) electrons. The van der Waals surface area contributed by atoms with E-state index in [1.165, 1.54) is 0 Å². The number of nitrogens with one attached hydrogen (secondary N) is 1. The molecule has 0 aromatic heterocycles. The van der Waals surface area contributed by atoms with E-state index in [9.17, 15) is 4.79 Å². The molecule has 2 rings (SSSR count). The molecule has 1 fully saturated rings. The Kier molecular flexibility index (Phi) is 5.97. The number of hydrogen-bond acceptors (Lipinski definition) is 3. The molecule has 1 aromatic carbocycles. The molecule has 1 aliphatic heterocycles. The molecule has 1 aromatic rings. The molecule has 1 aliphatic rings. The van der Waals surface area contributed by atoms with Gasteiger partial charge < -0.3 is 10.1 Å². The van der Waals surface area contributed by atoms with E-state index in [2.05, 4.69) is 37.9 Å². The Hall–Kier alpha value is -1.65. The van der Waals surface area contributed by atoms with Crippen LogP contribution in [0.15, 0.2) is 36.4 Å². The van der Waals surface area contributed by atoms with Gasteiger partial charge in [0.05, 0.1) is 12.2 Å². The highest BCUT2D eigenvalue weighted by Gasteiger charge is 2.33. The van der Waals surface area contributed by atoms with Crippen molar-refractivity contribution in [3.63, 3.8) is 0 Å². The zero-order chi connectivity index (χ0) is 16.9. The molecule has 4 nitrogen and oxygen atoms in total. The molecule has 23 heavy (non-hydrogen) atoms. The molecular weight excluding hydrogens is 288 g/mol. The fourth-order valence-corrected chi connectivity index (χ4v) is 2.88. The lowest BCUT2D eigenvalue weighted by Gasteiger charge is -2.45. The van der Waals surface area contributed by atoms with Crippen molar-refractivity contribution in [3.05, 3.63) is 42.0 Å². The van der Waals surface area contributed by atoms with E-state index >= 15 is 0 Å². The number of amides is 1. The Bertz CT molecular complexity index is 530. The van der Waals surface area contributed by atoms with E-state index < -0.39 is 0 Å². The van der Waals surface area contributed by atoms with Gasteiger partial charge in [-0.05, 0) is 39.3 Å². The molecule has 2 unspecified atom stereocenters. The minimum atomic E-state index is -0.0947. The largest absolute Gasteiger partial charge is 0.373 e. The standard InChI is InChI=1S/C19H28N2O2/c1-15-12-21(13-16(2)23-15)19(3,4)14-20-18(22)11-10-17-8-6-5-7-9-17/h5-11,15-16H,12-14H2,1-4H3,(H,20,22)/b11-10+. The van der Waals surface area contributed by atoms with Gasteiger partial charge in [-0.2, -0.15) is 0 Å². The van der Waals surface area contributed by atoms with Gasteiger partial charge in [0.15, 0.2) is 0 Å². The van der Waals surface area contributed by atoms with Crippen molar-refractivity contribution < 1.29 is 9.53 Å². The summed E-state index contributed by atoms with van der Waals surface area (Å²) in [5.41, 5.74) is 0.931. The average Bonchev–Trinajstić information content (AvgIpc) is 2.51. The van der Waals surface area contributed by atoms with Crippen LogP contribution in [0.4, 0.5) is 0 Å². The first kappa shape index (κ1) is 17.7. The SMILES string of the molecule is CC1CN(C(C)(C)CNC(=O)/C=C/c2ccccc2)CC(C)O1. The first-order valence-corrected chi connectivity index (χ1v) is 8.28. The van der Waals surface area contributed by atoms with Crippen molar-refractivity contribution in [1.29, 1.82) is 0 Å². The lowest BCUT2D eigenvalue weighted by atomic mass is 10.00. The Morgan fingerprint density at radius 3 is 2.48 bits per heavy atom. The Balaban J connectivity index is 1.86. The number of nitrogens with zero attached hydrogens (tertiary/aromatic N) is 1. The highest BCUT2D eigenvalue weighted by Crippen LogP contribution is 2.20. The van der Waals surface area contributed by atoms with Gasteiger partial charge >= 0.3 is 0 Å². The second kappa shape index (κ2) is 7.75. The second-order valence-corrected chi connectivity index (χ2v) is 6.94. The summed E-state index contributed by atoms with van der Waals surface area (Å²) in [5, 5.41) is 3.01. The fourth-order valence-electron chi connectivity index (χ4n) is 2.88. The first-order chi connectivity index (χ1) is 10.9. The molecular formula is C19H28N2O2. The third-order valence-electron chi connectivity index (χ3n) is 4.20. The summed E-state index contributed by atoms with van der Waals surface area (Å²) < 4.78 is 5.78. The number of carbonyl (C=O) groups excluding carboxylic acids is 1. The smallest absolute Gasteiger partial charge is 0.244 e. The molecule has 0 spiro atoms. The summed E-state index contributed by atoms with van der Waals surface area (Å²) in [5.74, 6) is -0.0590. The third-order valence-corrected chi connectivity index (χ3v) is 4.20. The molecule has 0 saturated carbocycles. The highest BCUT2D eigenvalue weighted by molar-refractivity contribution is 5.91. The van der Waals surface area contributed by atoms with Gasteiger partial charge in [0.2, 0.25) is 5.91 Å². The highest BCUT2D eigenvalue weighted by atomic mass is 16.5. The van der Waals surface area contributed by atoms with Crippen LogP contribution in [0.1, 0.15) is 33.3 Å². The fraction of sp³-hybridized carbons (Fsp3) is 0.526. The van der Waals surface area contributed by atoms with Crippen LogP contribution >= 0.6 is 0 Å². The van der Waals surface area contributed by atoms with E-state index in [1.807, 2.05) is 36.4 Å².